The van der Waals surface area contributed by atoms with Crippen molar-refractivity contribution in [3.8, 4) is 11.8 Å². The Morgan fingerprint density at radius 2 is 1.78 bits per heavy atom. The minimum Gasteiger partial charge on any atom is -0.336 e. The van der Waals surface area contributed by atoms with Gasteiger partial charge < -0.3 is 10.2 Å². The molecule has 41 heavy (non-hydrogen) atoms. The number of hydrogen-bond donors (Lipinski definition) is 1. The van der Waals surface area contributed by atoms with Crippen LogP contribution in [0.2, 0.25) is 0 Å². The Labute approximate surface area is 229 Å². The molecule has 0 unspecified atom stereocenters. The van der Waals surface area contributed by atoms with Crippen LogP contribution in [0.1, 0.15) is 43.5 Å². The average Bonchev–Trinajstić information content (AvgIpc) is 3.77. The maximum atomic E-state index is 14.1. The van der Waals surface area contributed by atoms with Crippen molar-refractivity contribution in [1.82, 2.24) is 25.0 Å². The summed E-state index contributed by atoms with van der Waals surface area (Å²) in [4.78, 5) is 29.4. The van der Waals surface area contributed by atoms with Crippen LogP contribution in [0.4, 0.5) is 26.3 Å². The molecule has 2 aliphatic carbocycles. The Morgan fingerprint density at radius 1 is 1.12 bits per heavy atom. The molecule has 1 saturated heterocycles. The molecule has 10 nitrogen and oxygen atoms in total. The smallest absolute Gasteiger partial charge is 0.336 e. The number of aromatic nitrogens is 3. The van der Waals surface area contributed by atoms with Gasteiger partial charge in [-0.2, -0.15) is 36.7 Å². The number of alkyl halides is 6. The molecule has 3 aliphatic rings. The number of carbonyl (C=O) groups excluding carboxylic acids is 2. The lowest BCUT2D eigenvalue weighted by molar-refractivity contribution is -0.199. The van der Waals surface area contributed by atoms with Crippen LogP contribution in [0.15, 0.2) is 29.4 Å². The molecule has 1 aromatic heterocycles. The molecule has 2 aromatic rings. The molecule has 0 radical (unpaired) electrons. The Kier molecular flexibility index (Phi) is 6.44. The lowest BCUT2D eigenvalue weighted by Crippen LogP contribution is -2.53. The number of halogens is 6. The Morgan fingerprint density at radius 3 is 2.27 bits per heavy atom. The van der Waals surface area contributed by atoms with Crippen molar-refractivity contribution in [2.45, 2.75) is 73.1 Å². The van der Waals surface area contributed by atoms with Gasteiger partial charge in [0.2, 0.25) is 11.8 Å². The quantitative estimate of drug-likeness (QED) is 0.501. The number of rotatable bonds is 6. The molecule has 17 heteroatoms. The maximum absolute atomic E-state index is 14.1. The highest BCUT2D eigenvalue weighted by atomic mass is 32.2. The number of sulfone groups is 1. The van der Waals surface area contributed by atoms with Gasteiger partial charge in [0.25, 0.3) is 0 Å². The van der Waals surface area contributed by atoms with Gasteiger partial charge in [-0.25, -0.2) is 18.1 Å². The lowest BCUT2D eigenvalue weighted by atomic mass is 10.0. The molecule has 1 aliphatic heterocycles. The molecule has 2 heterocycles. The number of nitrogens with zero attached hydrogens (tertiary/aromatic N) is 5. The van der Waals surface area contributed by atoms with E-state index in [1.807, 2.05) is 6.07 Å². The van der Waals surface area contributed by atoms with E-state index in [2.05, 4.69) is 15.4 Å². The third-order valence-electron chi connectivity index (χ3n) is 7.83. The summed E-state index contributed by atoms with van der Waals surface area (Å²) in [5.74, 6) is -2.34. The third kappa shape index (κ3) is 4.81. The number of hydrogen-bond acceptors (Lipinski definition) is 7. The second kappa shape index (κ2) is 9.16. The van der Waals surface area contributed by atoms with Crippen LogP contribution in [0.3, 0.4) is 0 Å². The van der Waals surface area contributed by atoms with E-state index in [0.29, 0.717) is 17.0 Å². The molecule has 5 rings (SSSR count). The summed E-state index contributed by atoms with van der Waals surface area (Å²) in [5, 5.41) is 13.7. The number of benzene rings is 1. The highest BCUT2D eigenvalue weighted by Crippen LogP contribution is 2.59. The van der Waals surface area contributed by atoms with Crippen molar-refractivity contribution in [3.63, 3.8) is 0 Å². The van der Waals surface area contributed by atoms with Gasteiger partial charge in [0.1, 0.15) is 29.1 Å². The van der Waals surface area contributed by atoms with E-state index in [0.717, 1.165) is 17.1 Å². The number of amides is 2. The van der Waals surface area contributed by atoms with Gasteiger partial charge in [-0.3, -0.25) is 9.59 Å². The molecular formula is C24H22F6N6O4S. The van der Waals surface area contributed by atoms with E-state index < -0.39 is 92.5 Å². The molecule has 2 amide bonds. The van der Waals surface area contributed by atoms with E-state index in [4.69, 9.17) is 0 Å². The van der Waals surface area contributed by atoms with Crippen LogP contribution in [0.5, 0.6) is 0 Å². The Hall–Kier alpha value is -3.68. The Balaban J connectivity index is 1.53. The summed E-state index contributed by atoms with van der Waals surface area (Å²) in [5.41, 5.74) is -5.78. The molecule has 0 bridgehead atoms. The van der Waals surface area contributed by atoms with E-state index in [9.17, 15) is 49.6 Å². The highest BCUT2D eigenvalue weighted by molar-refractivity contribution is 7.92. The average molecular weight is 605 g/mol. The number of aryl methyl sites for hydroxylation is 1. The molecule has 0 spiro atoms. The van der Waals surface area contributed by atoms with Crippen molar-refractivity contribution < 1.29 is 44.3 Å². The molecule has 220 valence electrons. The van der Waals surface area contributed by atoms with E-state index >= 15 is 0 Å². The molecular weight excluding hydrogens is 582 g/mol. The minimum absolute atomic E-state index is 0.140. The third-order valence-corrected chi connectivity index (χ3v) is 10.0. The standard InChI is InChI=1S/C24H22F6N6O4S/c1-13-32-12-33-36(13)14-2-3-18(16(8-14)23(25,26)27)41(39,40)15-9-17(19(37)34-21(11-31)4-5-21)35(10-15)20(38)22(6-7-22)24(28,29)30/h2-3,8,12,15,17H,4-7,9-10H2,1H3,(H,34,37)/t15-,17+/m1/s1. The van der Waals surface area contributed by atoms with Crippen molar-refractivity contribution in [2.24, 2.45) is 5.41 Å². The van der Waals surface area contributed by atoms with E-state index in [1.54, 1.807) is 0 Å². The molecule has 1 N–H and O–H groups in total. The van der Waals surface area contributed by atoms with Gasteiger partial charge in [-0.05, 0) is 57.2 Å². The number of nitrogens with one attached hydrogen (secondary N) is 1. The maximum Gasteiger partial charge on any atom is 0.417 e. The summed E-state index contributed by atoms with van der Waals surface area (Å²) >= 11 is 0. The largest absolute Gasteiger partial charge is 0.417 e. The monoisotopic (exact) mass is 604 g/mol. The van der Waals surface area contributed by atoms with Crippen molar-refractivity contribution in [1.29, 1.82) is 5.26 Å². The summed E-state index contributed by atoms with van der Waals surface area (Å²) in [6.07, 6.45) is -10.5. The topological polar surface area (TPSA) is 138 Å². The first-order valence-electron chi connectivity index (χ1n) is 12.4. The van der Waals surface area contributed by atoms with E-state index in [1.165, 1.54) is 6.92 Å². The summed E-state index contributed by atoms with van der Waals surface area (Å²) in [7, 11) is -4.96. The van der Waals surface area contributed by atoms with Crippen molar-refractivity contribution in [2.75, 3.05) is 6.54 Å². The van der Waals surface area contributed by atoms with Gasteiger partial charge in [0.05, 0.1) is 27.5 Å². The zero-order chi connectivity index (χ0) is 30.2. The molecule has 2 saturated carbocycles. The number of carbonyl (C=O) groups is 2. The van der Waals surface area contributed by atoms with Crippen LogP contribution < -0.4 is 5.32 Å². The Bertz CT molecular complexity index is 1570. The van der Waals surface area contributed by atoms with Crippen LogP contribution in [0.25, 0.3) is 5.69 Å². The first-order chi connectivity index (χ1) is 19.0. The fraction of sp³-hybridized carbons (Fsp3) is 0.542. The molecule has 3 fully saturated rings. The highest BCUT2D eigenvalue weighted by Gasteiger charge is 2.70. The van der Waals surface area contributed by atoms with Gasteiger partial charge in [0, 0.05) is 6.54 Å². The predicted octanol–water partition coefficient (Wildman–Crippen LogP) is 2.85. The van der Waals surface area contributed by atoms with Gasteiger partial charge >= 0.3 is 12.4 Å². The van der Waals surface area contributed by atoms with Crippen molar-refractivity contribution >= 4 is 21.7 Å². The van der Waals surface area contributed by atoms with Gasteiger partial charge in [-0.1, -0.05) is 0 Å². The SMILES string of the molecule is Cc1ncnn1-c1ccc(S(=O)(=O)[C@@H]2C[C@@H](C(=O)NC3(C#N)CC3)N(C(=O)C3(C(F)(F)F)CC3)C2)c(C(F)(F)F)c1. The number of nitriles is 1. The molecule has 2 atom stereocenters. The van der Waals surface area contributed by atoms with Crippen molar-refractivity contribution in [3.05, 3.63) is 35.9 Å². The van der Waals surface area contributed by atoms with Crippen LogP contribution in [-0.4, -0.2) is 69.4 Å². The lowest BCUT2D eigenvalue weighted by Gasteiger charge is -2.29. The zero-order valence-corrected chi connectivity index (χ0v) is 22.1. The molecule has 1 aromatic carbocycles. The summed E-state index contributed by atoms with van der Waals surface area (Å²) in [6, 6.07) is 2.46. The van der Waals surface area contributed by atoms with Crippen LogP contribution >= 0.6 is 0 Å². The normalized spacial score (nSPS) is 23.1. The van der Waals surface area contributed by atoms with Gasteiger partial charge in [0.15, 0.2) is 9.84 Å². The minimum atomic E-state index is -5.17. The second-order valence-corrected chi connectivity index (χ2v) is 12.7. The predicted molar refractivity (Wildman–Crippen MR) is 126 cm³/mol. The van der Waals surface area contributed by atoms with Gasteiger partial charge in [-0.15, -0.1) is 0 Å². The second-order valence-electron chi connectivity index (χ2n) is 10.5. The summed E-state index contributed by atoms with van der Waals surface area (Å²) < 4.78 is 112. The first kappa shape index (κ1) is 28.8. The van der Waals surface area contributed by atoms with Crippen LogP contribution in [-0.2, 0) is 25.6 Å². The number of likely N-dealkylation sites (tertiary alicyclic amines) is 1. The fourth-order valence-corrected chi connectivity index (χ4v) is 6.96. The fourth-order valence-electron chi connectivity index (χ4n) is 5.07. The van der Waals surface area contributed by atoms with E-state index in [-0.39, 0.29) is 24.4 Å². The first-order valence-corrected chi connectivity index (χ1v) is 13.9. The van der Waals surface area contributed by atoms with Crippen LogP contribution in [0, 0.1) is 23.7 Å². The summed E-state index contributed by atoms with van der Waals surface area (Å²) in [6.45, 7) is 0.532. The zero-order valence-electron chi connectivity index (χ0n) is 21.3.